The zero-order valence-corrected chi connectivity index (χ0v) is 13.8. The van der Waals surface area contributed by atoms with E-state index in [4.69, 9.17) is 0 Å². The summed E-state index contributed by atoms with van der Waals surface area (Å²) >= 11 is 0. The monoisotopic (exact) mass is 296 g/mol. The van der Waals surface area contributed by atoms with Crippen molar-refractivity contribution in [1.29, 1.82) is 0 Å². The summed E-state index contributed by atoms with van der Waals surface area (Å²) in [6, 6.07) is 7.94. The fraction of sp³-hybridized carbons (Fsp3) is 0.263. The van der Waals surface area contributed by atoms with Crippen LogP contribution < -0.4 is 0 Å². The Labute approximate surface area is 129 Å². The summed E-state index contributed by atoms with van der Waals surface area (Å²) in [6.45, 7) is 17.8. The number of hydrogen-bond donors (Lipinski definition) is 0. The summed E-state index contributed by atoms with van der Waals surface area (Å²) in [5.74, 6) is -0.178. The summed E-state index contributed by atoms with van der Waals surface area (Å²) in [5, 5.41) is 0. The second-order valence-electron chi connectivity index (χ2n) is 2.95. The molecule has 0 bridgehead atoms. The quantitative estimate of drug-likeness (QED) is 0.457. The normalized spacial score (nSPS) is 9.67. The molecule has 0 fully saturated rings. The lowest BCUT2D eigenvalue weighted by Gasteiger charge is -1.94. The maximum Gasteiger partial charge on any atom is 0.123 e. The van der Waals surface area contributed by atoms with Crippen molar-refractivity contribution in [3.8, 4) is 0 Å². The van der Waals surface area contributed by atoms with Gasteiger partial charge in [0.1, 0.15) is 5.82 Å². The van der Waals surface area contributed by atoms with Gasteiger partial charge in [0.05, 0.1) is 0 Å². The van der Waals surface area contributed by atoms with Crippen molar-refractivity contribution < 1.29 is 9.09 Å². The molecule has 120 valence electrons. The Hall–Kier alpha value is -1.96. The Balaban J connectivity index is -0.0000000984. The van der Waals surface area contributed by atoms with Gasteiger partial charge in [-0.15, -0.1) is 13.2 Å². The third-order valence-corrected chi connectivity index (χ3v) is 1.69. The Morgan fingerprint density at radius 1 is 0.905 bits per heavy atom. The van der Waals surface area contributed by atoms with Crippen LogP contribution in [0.5, 0.6) is 0 Å². The van der Waals surface area contributed by atoms with E-state index < -0.39 is 0 Å². The van der Waals surface area contributed by atoms with E-state index in [0.29, 0.717) is 0 Å². The van der Waals surface area contributed by atoms with E-state index in [0.717, 1.165) is 6.42 Å². The van der Waals surface area contributed by atoms with E-state index in [1.165, 1.54) is 17.7 Å². The first-order valence-electron chi connectivity index (χ1n) is 7.00. The molecule has 0 radical (unpaired) electrons. The zero-order valence-electron chi connectivity index (χ0n) is 13.8. The maximum absolute atomic E-state index is 11.9. The molecule has 0 spiro atoms. The summed E-state index contributed by atoms with van der Waals surface area (Å²) < 4.78 is 11.9. The van der Waals surface area contributed by atoms with Gasteiger partial charge in [0.15, 0.2) is 0 Å². The van der Waals surface area contributed by atoms with Gasteiger partial charge in [0.25, 0.3) is 0 Å². The highest BCUT2D eigenvalue weighted by molar-refractivity contribution is 5.26. The zero-order chi connectivity index (χ0) is 16.2. The first-order valence-corrected chi connectivity index (χ1v) is 7.00. The summed E-state index contributed by atoms with van der Waals surface area (Å²) in [6.07, 6.45) is 9.19. The molecule has 1 aromatic rings. The lowest BCUT2D eigenvalue weighted by molar-refractivity contribution is 0.628. The van der Waals surface area contributed by atoms with E-state index in [2.05, 4.69) is 25.8 Å². The molecule has 0 heterocycles. The van der Waals surface area contributed by atoms with Crippen LogP contribution in [0.3, 0.4) is 0 Å². The lowest BCUT2D eigenvalue weighted by atomic mass is 10.1. The SMILES string of the molecule is C=C.C=C1C=CC=CC1.CC.CC.F.Fc1ccccc1. The van der Waals surface area contributed by atoms with Crippen LogP contribution >= 0.6 is 0 Å². The van der Waals surface area contributed by atoms with E-state index >= 15 is 0 Å². The molecule has 0 aliphatic heterocycles. The van der Waals surface area contributed by atoms with Gasteiger partial charge in [0.2, 0.25) is 0 Å². The van der Waals surface area contributed by atoms with Gasteiger partial charge in [-0.25, -0.2) is 4.39 Å². The van der Waals surface area contributed by atoms with E-state index in [1.54, 1.807) is 18.2 Å². The van der Waals surface area contributed by atoms with Gasteiger partial charge in [0, 0.05) is 0 Å². The molecule has 0 N–H and O–H groups in total. The highest BCUT2D eigenvalue weighted by Crippen LogP contribution is 2.05. The molecule has 2 heteroatoms. The molecule has 0 amide bonds. The van der Waals surface area contributed by atoms with Gasteiger partial charge < -0.3 is 0 Å². The number of halogens is 2. The van der Waals surface area contributed by atoms with Crippen LogP contribution in [0, 0.1) is 5.82 Å². The summed E-state index contributed by atoms with van der Waals surface area (Å²) in [4.78, 5) is 0. The Bertz CT molecular complexity index is 351. The minimum atomic E-state index is -0.178. The van der Waals surface area contributed by atoms with Crippen LogP contribution in [-0.2, 0) is 0 Å². The van der Waals surface area contributed by atoms with Crippen molar-refractivity contribution in [2.75, 3.05) is 0 Å². The molecule has 0 saturated carbocycles. The largest absolute Gasteiger partial charge is 0.269 e. The molecular formula is C19H30F2. The van der Waals surface area contributed by atoms with E-state index in [-0.39, 0.29) is 10.5 Å². The predicted molar refractivity (Wildman–Crippen MR) is 94.9 cm³/mol. The van der Waals surface area contributed by atoms with Gasteiger partial charge >= 0.3 is 0 Å². The molecule has 0 atom stereocenters. The molecular weight excluding hydrogens is 266 g/mol. The van der Waals surface area contributed by atoms with Crippen LogP contribution in [0.2, 0.25) is 0 Å². The number of benzene rings is 1. The standard InChI is InChI=1S/C7H8.C6H5F.2C2H6.C2H4.FH/c1-7-5-3-2-4-6-7;7-6-4-2-1-3-5-6;3*1-2;/h2-5H,1,6H2;1-5H;2*1-2H3;1-2H2;1H. The molecule has 0 saturated heterocycles. The second-order valence-corrected chi connectivity index (χ2v) is 2.95. The average molecular weight is 296 g/mol. The third kappa shape index (κ3) is 23.5. The van der Waals surface area contributed by atoms with Crippen LogP contribution in [0.4, 0.5) is 9.09 Å². The number of rotatable bonds is 0. The van der Waals surface area contributed by atoms with E-state index in [1.807, 2.05) is 45.9 Å². The van der Waals surface area contributed by atoms with Crippen molar-refractivity contribution in [3.05, 3.63) is 85.8 Å². The van der Waals surface area contributed by atoms with Crippen molar-refractivity contribution in [2.24, 2.45) is 0 Å². The first kappa shape index (κ1) is 27.4. The molecule has 0 nitrogen and oxygen atoms in total. The summed E-state index contributed by atoms with van der Waals surface area (Å²) in [7, 11) is 0. The maximum atomic E-state index is 11.9. The van der Waals surface area contributed by atoms with Crippen LogP contribution in [0.1, 0.15) is 34.1 Å². The van der Waals surface area contributed by atoms with Crippen molar-refractivity contribution in [1.82, 2.24) is 0 Å². The second kappa shape index (κ2) is 26.6. The first-order chi connectivity index (χ1) is 9.79. The van der Waals surface area contributed by atoms with E-state index in [9.17, 15) is 4.39 Å². The van der Waals surface area contributed by atoms with Crippen molar-refractivity contribution in [2.45, 2.75) is 34.1 Å². The molecule has 0 aromatic heterocycles. The smallest absolute Gasteiger partial charge is 0.123 e. The van der Waals surface area contributed by atoms with Gasteiger partial charge in [-0.1, -0.05) is 82.4 Å². The molecule has 0 unspecified atom stereocenters. The molecule has 21 heavy (non-hydrogen) atoms. The molecule has 1 aliphatic carbocycles. The molecule has 2 rings (SSSR count). The fourth-order valence-corrected chi connectivity index (χ4v) is 0.972. The van der Waals surface area contributed by atoms with Crippen LogP contribution in [-0.4, -0.2) is 0 Å². The highest BCUT2D eigenvalue weighted by Gasteiger charge is 1.84. The summed E-state index contributed by atoms with van der Waals surface area (Å²) in [5.41, 5.74) is 1.20. The molecule has 1 aromatic carbocycles. The Morgan fingerprint density at radius 3 is 1.57 bits per heavy atom. The fourth-order valence-electron chi connectivity index (χ4n) is 0.972. The van der Waals surface area contributed by atoms with Gasteiger partial charge in [-0.2, -0.15) is 0 Å². The number of allylic oxidation sites excluding steroid dienone is 5. The van der Waals surface area contributed by atoms with Crippen LogP contribution in [0.25, 0.3) is 0 Å². The predicted octanol–water partition coefficient (Wildman–Crippen LogP) is 6.89. The van der Waals surface area contributed by atoms with Gasteiger partial charge in [-0.3, -0.25) is 4.70 Å². The van der Waals surface area contributed by atoms with Gasteiger partial charge in [-0.05, 0) is 18.6 Å². The number of hydrogen-bond acceptors (Lipinski definition) is 0. The topological polar surface area (TPSA) is 0 Å². The highest BCUT2D eigenvalue weighted by atomic mass is 19.1. The minimum absolute atomic E-state index is 0. The Morgan fingerprint density at radius 2 is 1.38 bits per heavy atom. The third-order valence-electron chi connectivity index (χ3n) is 1.69. The Kier molecular flexibility index (Phi) is 34.7. The minimum Gasteiger partial charge on any atom is -0.269 e. The lowest BCUT2D eigenvalue weighted by Crippen LogP contribution is -1.74. The van der Waals surface area contributed by atoms with Crippen molar-refractivity contribution in [3.63, 3.8) is 0 Å². The average Bonchev–Trinajstić information content (AvgIpc) is 2.55. The molecule has 1 aliphatic rings. The van der Waals surface area contributed by atoms with Crippen molar-refractivity contribution >= 4 is 0 Å². The van der Waals surface area contributed by atoms with Crippen LogP contribution in [0.15, 0.2) is 79.9 Å².